The van der Waals surface area contributed by atoms with Crippen LogP contribution in [0, 0.1) is 0 Å². The smallest absolute Gasteiger partial charge is 0.221 e. The van der Waals surface area contributed by atoms with Gasteiger partial charge in [0.15, 0.2) is 0 Å². The van der Waals surface area contributed by atoms with E-state index in [2.05, 4.69) is 5.32 Å². The zero-order chi connectivity index (χ0) is 13.5. The highest BCUT2D eigenvalue weighted by molar-refractivity contribution is 5.76. The van der Waals surface area contributed by atoms with Gasteiger partial charge < -0.3 is 15.8 Å². The monoisotopic (exact) mass is 250 g/mol. The summed E-state index contributed by atoms with van der Waals surface area (Å²) in [6, 6.07) is 7.75. The van der Waals surface area contributed by atoms with Crippen molar-refractivity contribution >= 4 is 5.91 Å². The fraction of sp³-hybridized carbons (Fsp3) is 0.500. The molecule has 0 radical (unpaired) electrons. The topological polar surface area (TPSA) is 64.3 Å². The van der Waals surface area contributed by atoms with Crippen molar-refractivity contribution in [2.75, 3.05) is 6.54 Å². The third-order valence-corrected chi connectivity index (χ3v) is 2.50. The molecule has 0 saturated carbocycles. The van der Waals surface area contributed by atoms with Crippen LogP contribution in [0.5, 0.6) is 5.75 Å². The van der Waals surface area contributed by atoms with Crippen molar-refractivity contribution in [1.82, 2.24) is 5.32 Å². The van der Waals surface area contributed by atoms with Gasteiger partial charge in [0, 0.05) is 13.0 Å². The van der Waals surface area contributed by atoms with Crippen LogP contribution in [0.25, 0.3) is 0 Å². The lowest BCUT2D eigenvalue weighted by Crippen LogP contribution is -2.28. The Hall–Kier alpha value is -1.55. The number of carbonyl (C=O) groups excluding carboxylic acids is 1. The maximum Gasteiger partial charge on any atom is 0.221 e. The Balaban J connectivity index is 2.58. The molecule has 100 valence electrons. The number of hydrogen-bond donors (Lipinski definition) is 2. The molecule has 0 fully saturated rings. The average molecular weight is 250 g/mol. The summed E-state index contributed by atoms with van der Waals surface area (Å²) in [6.45, 7) is 6.31. The van der Waals surface area contributed by atoms with E-state index in [1.54, 1.807) is 0 Å². The standard InChI is InChI=1S/C14H22N2O2/c1-10(2)18-13-6-4-12(5-7-13)11(3)16-14(17)8-9-15/h4-7,10-11H,8-9,15H2,1-3H3,(H,16,17). The Kier molecular flexibility index (Phi) is 5.65. The van der Waals surface area contributed by atoms with E-state index in [9.17, 15) is 4.79 Å². The quantitative estimate of drug-likeness (QED) is 0.811. The van der Waals surface area contributed by atoms with Gasteiger partial charge in [-0.25, -0.2) is 0 Å². The molecule has 0 heterocycles. The van der Waals surface area contributed by atoms with Gasteiger partial charge in [0.2, 0.25) is 5.91 Å². The van der Waals surface area contributed by atoms with Gasteiger partial charge in [-0.15, -0.1) is 0 Å². The molecule has 3 N–H and O–H groups in total. The largest absolute Gasteiger partial charge is 0.491 e. The third-order valence-electron chi connectivity index (χ3n) is 2.50. The van der Waals surface area contributed by atoms with Gasteiger partial charge in [-0.2, -0.15) is 0 Å². The maximum atomic E-state index is 11.4. The zero-order valence-electron chi connectivity index (χ0n) is 11.3. The van der Waals surface area contributed by atoms with Crippen LogP contribution in [0.3, 0.4) is 0 Å². The Morgan fingerprint density at radius 1 is 1.28 bits per heavy atom. The minimum Gasteiger partial charge on any atom is -0.491 e. The van der Waals surface area contributed by atoms with E-state index in [1.165, 1.54) is 0 Å². The number of nitrogens with one attached hydrogen (secondary N) is 1. The van der Waals surface area contributed by atoms with Crippen LogP contribution in [0.4, 0.5) is 0 Å². The first-order valence-electron chi connectivity index (χ1n) is 6.29. The summed E-state index contributed by atoms with van der Waals surface area (Å²) in [5, 5.41) is 2.90. The van der Waals surface area contributed by atoms with E-state index in [4.69, 9.17) is 10.5 Å². The van der Waals surface area contributed by atoms with Crippen molar-refractivity contribution in [2.24, 2.45) is 5.73 Å². The molecular weight excluding hydrogens is 228 g/mol. The fourth-order valence-electron chi connectivity index (χ4n) is 1.64. The van der Waals surface area contributed by atoms with Crippen molar-refractivity contribution in [1.29, 1.82) is 0 Å². The van der Waals surface area contributed by atoms with Crippen LogP contribution in [-0.2, 0) is 4.79 Å². The predicted octanol–water partition coefficient (Wildman–Crippen LogP) is 2.00. The van der Waals surface area contributed by atoms with Crippen molar-refractivity contribution in [2.45, 2.75) is 39.3 Å². The first-order valence-corrected chi connectivity index (χ1v) is 6.29. The number of nitrogens with two attached hydrogens (primary N) is 1. The predicted molar refractivity (Wildman–Crippen MR) is 72.4 cm³/mol. The lowest BCUT2D eigenvalue weighted by atomic mass is 10.1. The van der Waals surface area contributed by atoms with E-state index < -0.39 is 0 Å². The Labute approximate surface area is 109 Å². The SMILES string of the molecule is CC(C)Oc1ccc(C(C)NC(=O)CCN)cc1. The van der Waals surface area contributed by atoms with Gasteiger partial charge in [-0.05, 0) is 38.5 Å². The number of benzene rings is 1. The Morgan fingerprint density at radius 2 is 1.89 bits per heavy atom. The van der Waals surface area contributed by atoms with E-state index in [0.29, 0.717) is 13.0 Å². The van der Waals surface area contributed by atoms with E-state index in [1.807, 2.05) is 45.0 Å². The molecule has 0 aliphatic rings. The van der Waals surface area contributed by atoms with Crippen LogP contribution < -0.4 is 15.8 Å². The van der Waals surface area contributed by atoms with Crippen molar-refractivity contribution in [3.05, 3.63) is 29.8 Å². The minimum absolute atomic E-state index is 0.0165. The fourth-order valence-corrected chi connectivity index (χ4v) is 1.64. The minimum atomic E-state index is -0.0208. The molecule has 0 aliphatic carbocycles. The van der Waals surface area contributed by atoms with Gasteiger partial charge in [0.05, 0.1) is 12.1 Å². The van der Waals surface area contributed by atoms with Crippen LogP contribution in [-0.4, -0.2) is 18.6 Å². The first kappa shape index (κ1) is 14.5. The molecule has 4 heteroatoms. The van der Waals surface area contributed by atoms with Gasteiger partial charge in [0.1, 0.15) is 5.75 Å². The van der Waals surface area contributed by atoms with Gasteiger partial charge in [-0.3, -0.25) is 4.79 Å². The van der Waals surface area contributed by atoms with Crippen LogP contribution in [0.15, 0.2) is 24.3 Å². The number of carbonyl (C=O) groups is 1. The molecule has 1 aromatic carbocycles. The molecule has 0 saturated heterocycles. The third kappa shape index (κ3) is 4.75. The van der Waals surface area contributed by atoms with Gasteiger partial charge >= 0.3 is 0 Å². The van der Waals surface area contributed by atoms with Crippen molar-refractivity contribution in [3.8, 4) is 5.75 Å². The van der Waals surface area contributed by atoms with E-state index >= 15 is 0 Å². The summed E-state index contributed by atoms with van der Waals surface area (Å²) in [4.78, 5) is 11.4. The Bertz CT molecular complexity index is 374. The first-order chi connectivity index (χ1) is 8.52. The lowest BCUT2D eigenvalue weighted by molar-refractivity contribution is -0.121. The van der Waals surface area contributed by atoms with Crippen LogP contribution in [0.2, 0.25) is 0 Å². The molecule has 0 bridgehead atoms. The van der Waals surface area contributed by atoms with E-state index in [-0.39, 0.29) is 18.1 Å². The summed E-state index contributed by atoms with van der Waals surface area (Å²) in [5.41, 5.74) is 6.38. The van der Waals surface area contributed by atoms with Crippen molar-refractivity contribution < 1.29 is 9.53 Å². The number of hydrogen-bond acceptors (Lipinski definition) is 3. The van der Waals surface area contributed by atoms with Crippen LogP contribution in [0.1, 0.15) is 38.8 Å². The highest BCUT2D eigenvalue weighted by Gasteiger charge is 2.09. The number of ether oxygens (including phenoxy) is 1. The molecule has 0 aliphatic heterocycles. The summed E-state index contributed by atoms with van der Waals surface area (Å²) in [5.74, 6) is 0.821. The summed E-state index contributed by atoms with van der Waals surface area (Å²) < 4.78 is 5.56. The molecule has 18 heavy (non-hydrogen) atoms. The summed E-state index contributed by atoms with van der Waals surface area (Å²) in [6.07, 6.45) is 0.524. The van der Waals surface area contributed by atoms with Gasteiger partial charge in [-0.1, -0.05) is 12.1 Å². The Morgan fingerprint density at radius 3 is 2.39 bits per heavy atom. The lowest BCUT2D eigenvalue weighted by Gasteiger charge is -2.15. The summed E-state index contributed by atoms with van der Waals surface area (Å²) >= 11 is 0. The molecular formula is C14H22N2O2. The van der Waals surface area contributed by atoms with E-state index in [0.717, 1.165) is 11.3 Å². The second-order valence-corrected chi connectivity index (χ2v) is 4.56. The zero-order valence-corrected chi connectivity index (χ0v) is 11.3. The molecule has 1 atom stereocenters. The second-order valence-electron chi connectivity index (χ2n) is 4.56. The highest BCUT2D eigenvalue weighted by Crippen LogP contribution is 2.18. The molecule has 1 amide bonds. The second kappa shape index (κ2) is 7.01. The molecule has 1 rings (SSSR count). The number of rotatable bonds is 6. The molecule has 0 spiro atoms. The number of amides is 1. The molecule has 1 aromatic rings. The normalized spacial score (nSPS) is 12.3. The molecule has 4 nitrogen and oxygen atoms in total. The highest BCUT2D eigenvalue weighted by atomic mass is 16.5. The van der Waals surface area contributed by atoms with Gasteiger partial charge in [0.25, 0.3) is 0 Å². The molecule has 0 aromatic heterocycles. The van der Waals surface area contributed by atoms with Crippen molar-refractivity contribution in [3.63, 3.8) is 0 Å². The van der Waals surface area contributed by atoms with Crippen LogP contribution >= 0.6 is 0 Å². The maximum absolute atomic E-state index is 11.4. The summed E-state index contributed by atoms with van der Waals surface area (Å²) in [7, 11) is 0. The average Bonchev–Trinajstić information content (AvgIpc) is 2.29. The molecule has 1 unspecified atom stereocenters.